The molecule has 2 aliphatic carbocycles. The Balaban J connectivity index is 1.60. The maximum absolute atomic E-state index is 13.1. The molecule has 2 aromatic rings. The summed E-state index contributed by atoms with van der Waals surface area (Å²) in [4.78, 5) is 19.7. The van der Waals surface area contributed by atoms with Crippen LogP contribution in [0.3, 0.4) is 0 Å². The number of carbonyl (C=O) groups is 1. The van der Waals surface area contributed by atoms with E-state index in [0.29, 0.717) is 16.4 Å². The third-order valence-electron chi connectivity index (χ3n) is 4.95. The number of benzene rings is 1. The second kappa shape index (κ2) is 6.37. The summed E-state index contributed by atoms with van der Waals surface area (Å²) in [5, 5.41) is 0.996. The van der Waals surface area contributed by atoms with Gasteiger partial charge in [0.2, 0.25) is 0 Å². The summed E-state index contributed by atoms with van der Waals surface area (Å²) in [5.41, 5.74) is -0.175. The predicted octanol–water partition coefficient (Wildman–Crippen LogP) is 5.41. The molecule has 1 amide bonds. The van der Waals surface area contributed by atoms with Crippen LogP contribution in [0, 0.1) is 0 Å². The zero-order valence-corrected chi connectivity index (χ0v) is 15.1. The summed E-state index contributed by atoms with van der Waals surface area (Å²) in [5.74, 6) is 0.360. The number of nitrogens with zero attached hydrogens (tertiary/aromatic N) is 2. The van der Waals surface area contributed by atoms with Gasteiger partial charge in [0.25, 0.3) is 5.91 Å². The summed E-state index contributed by atoms with van der Waals surface area (Å²) in [7, 11) is 0. The van der Waals surface area contributed by atoms with E-state index in [0.717, 1.165) is 42.8 Å². The Morgan fingerprint density at radius 1 is 1.27 bits per heavy atom. The molecule has 2 fully saturated rings. The fourth-order valence-electron chi connectivity index (χ4n) is 3.18. The van der Waals surface area contributed by atoms with Gasteiger partial charge in [-0.2, -0.15) is 13.2 Å². The minimum absolute atomic E-state index is 0.0958. The number of halogens is 3. The lowest BCUT2D eigenvalue weighted by atomic mass is 10.0. The number of alkyl halides is 3. The van der Waals surface area contributed by atoms with Crippen molar-refractivity contribution in [2.24, 2.45) is 0 Å². The average molecular weight is 380 g/mol. The lowest BCUT2D eigenvalue weighted by Crippen LogP contribution is -2.35. The maximum Gasteiger partial charge on any atom is 0.416 e. The molecule has 1 unspecified atom stereocenters. The molecule has 2 aliphatic rings. The maximum atomic E-state index is 13.1. The van der Waals surface area contributed by atoms with Gasteiger partial charge in [0, 0.05) is 12.0 Å². The molecule has 0 spiro atoms. The largest absolute Gasteiger partial charge is 0.416 e. The highest BCUT2D eigenvalue weighted by molar-refractivity contribution is 7.13. The Morgan fingerprint density at radius 2 is 2.00 bits per heavy atom. The van der Waals surface area contributed by atoms with Crippen molar-refractivity contribution in [2.45, 2.75) is 56.8 Å². The van der Waals surface area contributed by atoms with Gasteiger partial charge in [-0.05, 0) is 50.3 Å². The van der Waals surface area contributed by atoms with Gasteiger partial charge >= 0.3 is 6.18 Å². The second-order valence-corrected chi connectivity index (χ2v) is 8.14. The van der Waals surface area contributed by atoms with Crippen LogP contribution in [0.5, 0.6) is 0 Å². The van der Waals surface area contributed by atoms with E-state index in [9.17, 15) is 18.0 Å². The van der Waals surface area contributed by atoms with Crippen molar-refractivity contribution in [3.8, 4) is 0 Å². The first-order valence-corrected chi connectivity index (χ1v) is 9.62. The smallest absolute Gasteiger partial charge is 0.328 e. The molecule has 0 saturated heterocycles. The SMILES string of the molecule is CC(c1cccc(C(F)(F)F)c1)N(C(=O)c1cnc(C2CC2)s1)C1CC1. The first kappa shape index (κ1) is 17.5. The molecule has 0 radical (unpaired) electrons. The molecule has 1 aromatic carbocycles. The van der Waals surface area contributed by atoms with Crippen molar-refractivity contribution in [1.29, 1.82) is 0 Å². The molecule has 1 atom stereocenters. The Bertz CT molecular complexity index is 824. The third kappa shape index (κ3) is 3.49. The molecule has 0 N–H and O–H groups in total. The molecule has 4 rings (SSSR count). The van der Waals surface area contributed by atoms with Crippen LogP contribution in [0.15, 0.2) is 30.5 Å². The molecule has 0 aliphatic heterocycles. The van der Waals surface area contributed by atoms with E-state index in [2.05, 4.69) is 4.98 Å². The summed E-state index contributed by atoms with van der Waals surface area (Å²) in [6, 6.07) is 4.95. The summed E-state index contributed by atoms with van der Waals surface area (Å²) in [6.45, 7) is 1.80. The van der Waals surface area contributed by atoms with Gasteiger partial charge < -0.3 is 4.90 Å². The average Bonchev–Trinajstić information content (AvgIpc) is 3.54. The van der Waals surface area contributed by atoms with Crippen LogP contribution < -0.4 is 0 Å². The number of amides is 1. The number of carbonyl (C=O) groups excluding carboxylic acids is 1. The fourth-order valence-corrected chi connectivity index (χ4v) is 4.21. The number of thiazole rings is 1. The Kier molecular flexibility index (Phi) is 4.29. The molecule has 1 aromatic heterocycles. The minimum Gasteiger partial charge on any atom is -0.328 e. The normalized spacial score (nSPS) is 18.6. The van der Waals surface area contributed by atoms with Crippen LogP contribution in [0.25, 0.3) is 0 Å². The van der Waals surface area contributed by atoms with Gasteiger partial charge in [-0.1, -0.05) is 12.1 Å². The summed E-state index contributed by atoms with van der Waals surface area (Å²) < 4.78 is 39.1. The van der Waals surface area contributed by atoms with Crippen LogP contribution >= 0.6 is 11.3 Å². The molecule has 7 heteroatoms. The number of hydrogen-bond acceptors (Lipinski definition) is 3. The van der Waals surface area contributed by atoms with Crippen LogP contribution in [0.1, 0.15) is 70.4 Å². The fraction of sp³-hybridized carbons (Fsp3) is 0.474. The van der Waals surface area contributed by atoms with E-state index in [1.165, 1.54) is 17.4 Å². The van der Waals surface area contributed by atoms with Crippen LogP contribution in [-0.4, -0.2) is 21.8 Å². The molecular weight excluding hydrogens is 361 g/mol. The van der Waals surface area contributed by atoms with Crippen molar-refractivity contribution in [2.75, 3.05) is 0 Å². The highest BCUT2D eigenvalue weighted by Gasteiger charge is 2.39. The highest BCUT2D eigenvalue weighted by atomic mass is 32.1. The van der Waals surface area contributed by atoms with Gasteiger partial charge in [0.15, 0.2) is 0 Å². The van der Waals surface area contributed by atoms with Crippen molar-refractivity contribution in [3.63, 3.8) is 0 Å². The van der Waals surface area contributed by atoms with Gasteiger partial charge in [0.05, 0.1) is 22.8 Å². The van der Waals surface area contributed by atoms with Crippen LogP contribution in [-0.2, 0) is 6.18 Å². The molecule has 1 heterocycles. The topological polar surface area (TPSA) is 33.2 Å². The summed E-state index contributed by atoms with van der Waals surface area (Å²) in [6.07, 6.45) is 1.25. The third-order valence-corrected chi connectivity index (χ3v) is 6.10. The lowest BCUT2D eigenvalue weighted by molar-refractivity contribution is -0.137. The van der Waals surface area contributed by atoms with Crippen molar-refractivity contribution in [3.05, 3.63) is 51.5 Å². The molecule has 138 valence electrons. The molecule has 3 nitrogen and oxygen atoms in total. The monoisotopic (exact) mass is 380 g/mol. The minimum atomic E-state index is -4.39. The lowest BCUT2D eigenvalue weighted by Gasteiger charge is -2.29. The molecular formula is C19H19F3N2OS. The quantitative estimate of drug-likeness (QED) is 0.695. The van der Waals surface area contributed by atoms with E-state index in [-0.39, 0.29) is 11.9 Å². The standard InChI is InChI=1S/C19H19F3N2OS/c1-11(13-3-2-4-14(9-13)19(20,21)22)24(15-7-8-15)18(25)16-10-23-17(26-16)12-5-6-12/h2-4,9-12,15H,5-8H2,1H3. The summed E-state index contributed by atoms with van der Waals surface area (Å²) >= 11 is 1.42. The van der Waals surface area contributed by atoms with Crippen LogP contribution in [0.2, 0.25) is 0 Å². The van der Waals surface area contributed by atoms with Gasteiger partial charge in [-0.3, -0.25) is 4.79 Å². The number of aromatic nitrogens is 1. The highest BCUT2D eigenvalue weighted by Crippen LogP contribution is 2.43. The van der Waals surface area contributed by atoms with Crippen molar-refractivity contribution < 1.29 is 18.0 Å². The first-order valence-electron chi connectivity index (χ1n) is 8.80. The van der Waals surface area contributed by atoms with Gasteiger partial charge in [0.1, 0.15) is 4.88 Å². The Hall–Kier alpha value is -1.89. The van der Waals surface area contributed by atoms with E-state index in [1.54, 1.807) is 24.1 Å². The van der Waals surface area contributed by atoms with E-state index in [1.807, 2.05) is 0 Å². The number of hydrogen-bond donors (Lipinski definition) is 0. The van der Waals surface area contributed by atoms with Gasteiger partial charge in [-0.25, -0.2) is 4.98 Å². The zero-order valence-electron chi connectivity index (χ0n) is 14.3. The van der Waals surface area contributed by atoms with Gasteiger partial charge in [-0.15, -0.1) is 11.3 Å². The van der Waals surface area contributed by atoms with Crippen molar-refractivity contribution in [1.82, 2.24) is 9.88 Å². The molecule has 26 heavy (non-hydrogen) atoms. The molecule has 0 bridgehead atoms. The van der Waals surface area contributed by atoms with E-state index >= 15 is 0 Å². The second-order valence-electron chi connectivity index (χ2n) is 7.08. The molecule has 2 saturated carbocycles. The van der Waals surface area contributed by atoms with E-state index < -0.39 is 17.8 Å². The number of rotatable bonds is 5. The Morgan fingerprint density at radius 3 is 2.62 bits per heavy atom. The predicted molar refractivity (Wildman–Crippen MR) is 93.1 cm³/mol. The Labute approximate surface area is 153 Å². The zero-order chi connectivity index (χ0) is 18.5. The van der Waals surface area contributed by atoms with Crippen LogP contribution in [0.4, 0.5) is 13.2 Å². The first-order chi connectivity index (χ1) is 12.3. The van der Waals surface area contributed by atoms with Crippen molar-refractivity contribution >= 4 is 17.2 Å². The van der Waals surface area contributed by atoms with E-state index in [4.69, 9.17) is 0 Å².